The highest BCUT2D eigenvalue weighted by Crippen LogP contribution is 2.24. The van der Waals surface area contributed by atoms with Crippen molar-refractivity contribution in [2.75, 3.05) is 24.6 Å². The number of aliphatic hydroxyl groups is 1. The number of hydrogen-bond acceptors (Lipinski definition) is 5. The molecule has 2 N–H and O–H groups in total. The number of hydrogen-bond donors (Lipinski definition) is 2. The van der Waals surface area contributed by atoms with Crippen molar-refractivity contribution < 1.29 is 9.67 Å². The van der Waals surface area contributed by atoms with Gasteiger partial charge in [-0.15, -0.1) is 5.10 Å². The van der Waals surface area contributed by atoms with Crippen molar-refractivity contribution in [2.45, 2.75) is 13.0 Å². The Morgan fingerprint density at radius 1 is 1.25 bits per heavy atom. The number of anilines is 1. The smallest absolute Gasteiger partial charge is 0.393 e. The molecule has 1 aromatic carbocycles. The Kier molecular flexibility index (Phi) is 3.69. The van der Waals surface area contributed by atoms with E-state index < -0.39 is 0 Å². The number of nitrogens with zero attached hydrogens (tertiary/aromatic N) is 5. The Labute approximate surface area is 116 Å². The highest BCUT2D eigenvalue weighted by atomic mass is 16.3. The van der Waals surface area contributed by atoms with Gasteiger partial charge in [-0.25, -0.2) is 4.57 Å². The largest absolute Gasteiger partial charge is 0.401 e. The molecule has 2 aromatic rings. The van der Waals surface area contributed by atoms with Crippen LogP contribution >= 0.6 is 0 Å². The maximum Gasteiger partial charge on any atom is 0.401 e. The van der Waals surface area contributed by atoms with Crippen molar-refractivity contribution in [1.29, 1.82) is 0 Å². The molecule has 1 aliphatic heterocycles. The maximum absolute atomic E-state index is 8.92. The molecule has 2 heterocycles. The summed E-state index contributed by atoms with van der Waals surface area (Å²) >= 11 is 0. The van der Waals surface area contributed by atoms with Crippen molar-refractivity contribution in [1.82, 2.24) is 10.2 Å². The van der Waals surface area contributed by atoms with E-state index in [1.165, 1.54) is 12.1 Å². The van der Waals surface area contributed by atoms with Gasteiger partial charge in [0.2, 0.25) is 6.33 Å². The van der Waals surface area contributed by atoms with Gasteiger partial charge in [0, 0.05) is 23.9 Å². The van der Waals surface area contributed by atoms with Gasteiger partial charge in [0.05, 0.1) is 18.8 Å². The number of azo groups is 1. The second-order valence-electron chi connectivity index (χ2n) is 4.65. The van der Waals surface area contributed by atoms with E-state index in [9.17, 15) is 0 Å². The summed E-state index contributed by atoms with van der Waals surface area (Å²) < 4.78 is 1.71. The number of aliphatic hydroxyl groups excluding tert-OH is 1. The van der Waals surface area contributed by atoms with E-state index in [0.717, 1.165) is 18.8 Å². The van der Waals surface area contributed by atoms with Crippen molar-refractivity contribution in [3.05, 3.63) is 30.6 Å². The number of benzene rings is 1. The summed E-state index contributed by atoms with van der Waals surface area (Å²) in [5.41, 5.74) is 2.02. The first-order valence-electron chi connectivity index (χ1n) is 6.67. The second-order valence-corrected chi connectivity index (χ2v) is 4.65. The van der Waals surface area contributed by atoms with Gasteiger partial charge in [0.15, 0.2) is 0 Å². The van der Waals surface area contributed by atoms with Crippen LogP contribution in [0.25, 0.3) is 0 Å². The molecule has 1 saturated heterocycles. The van der Waals surface area contributed by atoms with Crippen LogP contribution in [0.1, 0.15) is 6.42 Å². The molecule has 20 heavy (non-hydrogen) atoms. The fourth-order valence-corrected chi connectivity index (χ4v) is 2.04. The molecule has 7 heteroatoms. The highest BCUT2D eigenvalue weighted by molar-refractivity contribution is 5.53. The monoisotopic (exact) mass is 273 g/mol. The van der Waals surface area contributed by atoms with Gasteiger partial charge in [0.25, 0.3) is 0 Å². The average molecular weight is 273 g/mol. The Hall–Kier alpha value is -2.28. The van der Waals surface area contributed by atoms with Gasteiger partial charge in [-0.3, -0.25) is 0 Å². The van der Waals surface area contributed by atoms with E-state index in [1.807, 2.05) is 12.1 Å². The summed E-state index contributed by atoms with van der Waals surface area (Å²) in [4.78, 5) is 2.32. The summed E-state index contributed by atoms with van der Waals surface area (Å²) in [5, 5.41) is 23.8. The molecule has 1 fully saturated rings. The molecular weight excluding hydrogens is 256 g/mol. The molecule has 1 aromatic heterocycles. The minimum atomic E-state index is 0.0389. The molecule has 0 radical (unpaired) electrons. The number of rotatable bonds is 5. The first-order valence-corrected chi connectivity index (χ1v) is 6.67. The standard InChI is InChI=1S/C13H16N6O/c20-9-8-19-10-14-16-13(19)17-15-11-2-4-12(5-3-11)18-6-1-7-18/h2-5,10,20H,1,6-9H2/p+1. The lowest BCUT2D eigenvalue weighted by Crippen LogP contribution is -2.36. The van der Waals surface area contributed by atoms with Crippen LogP contribution in [0, 0.1) is 0 Å². The fourth-order valence-electron chi connectivity index (χ4n) is 2.04. The van der Waals surface area contributed by atoms with Crippen LogP contribution < -0.4 is 9.47 Å². The molecule has 3 rings (SSSR count). The van der Waals surface area contributed by atoms with Crippen LogP contribution in [0.3, 0.4) is 0 Å². The van der Waals surface area contributed by atoms with Crippen LogP contribution in [-0.4, -0.2) is 35.0 Å². The third-order valence-electron chi connectivity index (χ3n) is 3.31. The average Bonchev–Trinajstić information content (AvgIpc) is 2.84. The normalized spacial score (nSPS) is 14.8. The molecular formula is C13H17N6O+. The van der Waals surface area contributed by atoms with Crippen molar-refractivity contribution in [3.63, 3.8) is 0 Å². The van der Waals surface area contributed by atoms with E-state index in [2.05, 4.69) is 37.5 Å². The van der Waals surface area contributed by atoms with Crippen LogP contribution in [0.4, 0.5) is 17.3 Å². The number of aromatic nitrogens is 3. The van der Waals surface area contributed by atoms with Gasteiger partial charge in [-0.2, -0.15) is 0 Å². The summed E-state index contributed by atoms with van der Waals surface area (Å²) in [6, 6.07) is 8.01. The predicted molar refractivity (Wildman–Crippen MR) is 73.3 cm³/mol. The maximum atomic E-state index is 8.92. The molecule has 1 aliphatic rings. The van der Waals surface area contributed by atoms with Crippen molar-refractivity contribution in [2.24, 2.45) is 10.2 Å². The molecule has 0 amide bonds. The van der Waals surface area contributed by atoms with Gasteiger partial charge >= 0.3 is 5.95 Å². The predicted octanol–water partition coefficient (Wildman–Crippen LogP) is 1.31. The number of H-pyrrole nitrogens is 1. The van der Waals surface area contributed by atoms with E-state index >= 15 is 0 Å². The van der Waals surface area contributed by atoms with Crippen LogP contribution in [-0.2, 0) is 6.54 Å². The second kappa shape index (κ2) is 5.79. The van der Waals surface area contributed by atoms with Gasteiger partial charge < -0.3 is 10.0 Å². The Bertz CT molecular complexity index is 587. The molecule has 0 bridgehead atoms. The third-order valence-corrected chi connectivity index (χ3v) is 3.31. The summed E-state index contributed by atoms with van der Waals surface area (Å²) in [6.07, 6.45) is 2.85. The Balaban J connectivity index is 1.70. The summed E-state index contributed by atoms with van der Waals surface area (Å²) in [6.45, 7) is 2.75. The van der Waals surface area contributed by atoms with Crippen molar-refractivity contribution >= 4 is 17.3 Å². The van der Waals surface area contributed by atoms with Crippen LogP contribution in [0.5, 0.6) is 0 Å². The van der Waals surface area contributed by atoms with Crippen molar-refractivity contribution in [3.8, 4) is 0 Å². The fraction of sp³-hybridized carbons (Fsp3) is 0.385. The molecule has 0 saturated carbocycles. The molecule has 0 atom stereocenters. The van der Waals surface area contributed by atoms with E-state index in [-0.39, 0.29) is 6.61 Å². The number of aromatic amines is 1. The lowest BCUT2D eigenvalue weighted by Gasteiger charge is -2.33. The summed E-state index contributed by atoms with van der Waals surface area (Å²) in [5.74, 6) is 0.519. The molecule has 0 spiro atoms. The first-order chi connectivity index (χ1) is 9.86. The minimum absolute atomic E-state index is 0.0389. The number of nitrogens with one attached hydrogen (secondary N) is 1. The van der Waals surface area contributed by atoms with E-state index in [1.54, 1.807) is 10.9 Å². The molecule has 0 unspecified atom stereocenters. The molecule has 7 nitrogen and oxygen atoms in total. The lowest BCUT2D eigenvalue weighted by atomic mass is 10.2. The molecule has 104 valence electrons. The minimum Gasteiger partial charge on any atom is -0.393 e. The van der Waals surface area contributed by atoms with Crippen LogP contribution in [0.2, 0.25) is 0 Å². The quantitative estimate of drug-likeness (QED) is 0.636. The zero-order chi connectivity index (χ0) is 13.8. The first kappa shape index (κ1) is 12.7. The highest BCUT2D eigenvalue weighted by Gasteiger charge is 2.14. The SMILES string of the molecule is OCC[n+]1cn[nH]c1N=Nc1ccc(N2CCC2)cc1. The molecule has 0 aliphatic carbocycles. The summed E-state index contributed by atoms with van der Waals surface area (Å²) in [7, 11) is 0. The van der Waals surface area contributed by atoms with E-state index in [4.69, 9.17) is 5.11 Å². The van der Waals surface area contributed by atoms with Crippen LogP contribution in [0.15, 0.2) is 40.8 Å². The van der Waals surface area contributed by atoms with Gasteiger partial charge in [0.1, 0.15) is 0 Å². The topological polar surface area (TPSA) is 80.8 Å². The zero-order valence-electron chi connectivity index (χ0n) is 11.1. The Morgan fingerprint density at radius 3 is 2.70 bits per heavy atom. The van der Waals surface area contributed by atoms with Gasteiger partial charge in [-0.05, 0) is 35.8 Å². The Morgan fingerprint density at radius 2 is 2.05 bits per heavy atom. The van der Waals surface area contributed by atoms with E-state index in [0.29, 0.717) is 12.5 Å². The van der Waals surface area contributed by atoms with Gasteiger partial charge in [-0.1, -0.05) is 5.11 Å². The third kappa shape index (κ3) is 2.67. The lowest BCUT2D eigenvalue weighted by molar-refractivity contribution is -0.685. The zero-order valence-corrected chi connectivity index (χ0v) is 11.1.